The Kier molecular flexibility index (Phi) is 6.18. The normalized spacial score (nSPS) is 10.4. The predicted molar refractivity (Wildman–Crippen MR) is 87.5 cm³/mol. The molecule has 0 atom stereocenters. The fourth-order valence-corrected chi connectivity index (χ4v) is 3.13. The molecule has 0 N–H and O–H groups in total. The predicted octanol–water partition coefficient (Wildman–Crippen LogP) is 4.88. The first-order valence-corrected chi connectivity index (χ1v) is 8.17. The molecule has 0 saturated heterocycles. The summed E-state index contributed by atoms with van der Waals surface area (Å²) in [5, 5.41) is 0.798. The quantitative estimate of drug-likeness (QED) is 0.561. The summed E-state index contributed by atoms with van der Waals surface area (Å²) in [5.41, 5.74) is 1.04. The highest BCUT2D eigenvalue weighted by Crippen LogP contribution is 2.36. The van der Waals surface area contributed by atoms with E-state index in [2.05, 4.69) is 4.98 Å². The minimum atomic E-state index is -0.421. The van der Waals surface area contributed by atoms with Crippen LogP contribution in [0.4, 0.5) is 0 Å². The van der Waals surface area contributed by atoms with Crippen molar-refractivity contribution in [3.05, 3.63) is 57.3 Å². The van der Waals surface area contributed by atoms with Crippen molar-refractivity contribution >= 4 is 52.5 Å². The molecule has 0 aliphatic carbocycles. The number of benzene rings is 1. The molecule has 2 rings (SSSR count). The Balaban J connectivity index is 1.88. The van der Waals surface area contributed by atoms with Crippen molar-refractivity contribution in [1.29, 1.82) is 0 Å². The number of pyridine rings is 1. The SMILES string of the molecule is O=C(CSCc1cccnc1)Oc1c(Cl)cc(Cl)cc1Cl. The number of rotatable bonds is 5. The Morgan fingerprint density at radius 2 is 1.95 bits per heavy atom. The lowest BCUT2D eigenvalue weighted by Crippen LogP contribution is -2.11. The molecule has 0 amide bonds. The van der Waals surface area contributed by atoms with Gasteiger partial charge in [-0.15, -0.1) is 11.8 Å². The molecular formula is C14H10Cl3NO2S. The van der Waals surface area contributed by atoms with Crippen LogP contribution >= 0.6 is 46.6 Å². The van der Waals surface area contributed by atoms with E-state index < -0.39 is 5.97 Å². The second kappa shape index (κ2) is 7.90. The third kappa shape index (κ3) is 5.08. The van der Waals surface area contributed by atoms with Gasteiger partial charge in [-0.05, 0) is 23.8 Å². The van der Waals surface area contributed by atoms with Crippen LogP contribution < -0.4 is 4.74 Å². The monoisotopic (exact) mass is 361 g/mol. The minimum absolute atomic E-state index is 0.134. The maximum Gasteiger partial charge on any atom is 0.321 e. The second-order valence-corrected chi connectivity index (χ2v) is 6.26. The molecule has 0 spiro atoms. The minimum Gasteiger partial charge on any atom is -0.423 e. The molecule has 0 aliphatic rings. The molecule has 0 unspecified atom stereocenters. The van der Waals surface area contributed by atoms with Crippen molar-refractivity contribution in [3.63, 3.8) is 0 Å². The number of ether oxygens (including phenoxy) is 1. The van der Waals surface area contributed by atoms with Gasteiger partial charge in [-0.3, -0.25) is 9.78 Å². The zero-order valence-corrected chi connectivity index (χ0v) is 13.8. The summed E-state index contributed by atoms with van der Waals surface area (Å²) in [4.78, 5) is 15.8. The van der Waals surface area contributed by atoms with Crippen molar-refractivity contribution in [2.45, 2.75) is 5.75 Å². The van der Waals surface area contributed by atoms with Crippen molar-refractivity contribution in [1.82, 2.24) is 4.98 Å². The molecule has 0 fully saturated rings. The van der Waals surface area contributed by atoms with Gasteiger partial charge in [-0.2, -0.15) is 0 Å². The van der Waals surface area contributed by atoms with Gasteiger partial charge in [-0.1, -0.05) is 40.9 Å². The number of esters is 1. The number of hydrogen-bond acceptors (Lipinski definition) is 4. The lowest BCUT2D eigenvalue weighted by molar-refractivity contribution is -0.131. The second-order valence-electron chi connectivity index (χ2n) is 4.03. The Labute approximate surface area is 141 Å². The molecule has 0 bridgehead atoms. The molecule has 2 aromatic rings. The molecule has 0 aliphatic heterocycles. The van der Waals surface area contributed by atoms with Gasteiger partial charge in [0.05, 0.1) is 15.8 Å². The zero-order chi connectivity index (χ0) is 15.2. The molecule has 7 heteroatoms. The number of halogens is 3. The molecule has 110 valence electrons. The summed E-state index contributed by atoms with van der Waals surface area (Å²) in [7, 11) is 0. The third-order valence-electron chi connectivity index (χ3n) is 2.39. The number of aromatic nitrogens is 1. The standard InChI is InChI=1S/C14H10Cl3NO2S/c15-10-4-11(16)14(12(17)5-10)20-13(19)8-21-7-9-2-1-3-18-6-9/h1-6H,7-8H2. The maximum absolute atomic E-state index is 11.8. The van der Waals surface area contributed by atoms with Crippen molar-refractivity contribution < 1.29 is 9.53 Å². The summed E-state index contributed by atoms with van der Waals surface area (Å²) in [6, 6.07) is 6.74. The number of nitrogens with zero attached hydrogens (tertiary/aromatic N) is 1. The molecule has 0 radical (unpaired) electrons. The van der Waals surface area contributed by atoms with E-state index in [1.54, 1.807) is 12.4 Å². The first kappa shape index (κ1) is 16.4. The van der Waals surface area contributed by atoms with E-state index in [4.69, 9.17) is 39.5 Å². The molecule has 0 saturated carbocycles. The van der Waals surface area contributed by atoms with E-state index in [0.29, 0.717) is 10.8 Å². The summed E-state index contributed by atoms with van der Waals surface area (Å²) < 4.78 is 5.17. The van der Waals surface area contributed by atoms with Gasteiger partial charge >= 0.3 is 5.97 Å². The number of carbonyl (C=O) groups excluding carboxylic acids is 1. The molecule has 3 nitrogen and oxygen atoms in total. The van der Waals surface area contributed by atoms with E-state index >= 15 is 0 Å². The van der Waals surface area contributed by atoms with Crippen LogP contribution in [0.1, 0.15) is 5.56 Å². The Morgan fingerprint density at radius 3 is 2.57 bits per heavy atom. The summed E-state index contributed by atoms with van der Waals surface area (Å²) in [6.45, 7) is 0. The maximum atomic E-state index is 11.8. The van der Waals surface area contributed by atoms with Crippen LogP contribution in [0, 0.1) is 0 Å². The number of thioether (sulfide) groups is 1. The van der Waals surface area contributed by atoms with E-state index in [1.807, 2.05) is 12.1 Å². The summed E-state index contributed by atoms with van der Waals surface area (Å²) in [6.07, 6.45) is 3.46. The topological polar surface area (TPSA) is 39.2 Å². The van der Waals surface area contributed by atoms with Crippen molar-refractivity contribution in [3.8, 4) is 5.75 Å². The van der Waals surface area contributed by atoms with Crippen LogP contribution in [0.25, 0.3) is 0 Å². The fourth-order valence-electron chi connectivity index (χ4n) is 1.51. The number of hydrogen-bond donors (Lipinski definition) is 0. The summed E-state index contributed by atoms with van der Waals surface area (Å²) >= 11 is 19.1. The van der Waals surface area contributed by atoms with Crippen LogP contribution in [0.5, 0.6) is 5.75 Å². The van der Waals surface area contributed by atoms with Gasteiger partial charge in [0.2, 0.25) is 0 Å². The van der Waals surface area contributed by atoms with E-state index in [1.165, 1.54) is 23.9 Å². The van der Waals surface area contributed by atoms with Gasteiger partial charge in [0.25, 0.3) is 0 Å². The van der Waals surface area contributed by atoms with Crippen LogP contribution in [-0.4, -0.2) is 16.7 Å². The largest absolute Gasteiger partial charge is 0.423 e. The molecule has 21 heavy (non-hydrogen) atoms. The highest BCUT2D eigenvalue weighted by atomic mass is 35.5. The zero-order valence-electron chi connectivity index (χ0n) is 10.7. The fraction of sp³-hybridized carbons (Fsp3) is 0.143. The molecule has 1 aromatic carbocycles. The van der Waals surface area contributed by atoms with Gasteiger partial charge in [0, 0.05) is 23.2 Å². The van der Waals surface area contributed by atoms with Gasteiger partial charge < -0.3 is 4.74 Å². The Morgan fingerprint density at radius 1 is 1.24 bits per heavy atom. The van der Waals surface area contributed by atoms with Gasteiger partial charge in [0.15, 0.2) is 5.75 Å². The van der Waals surface area contributed by atoms with E-state index in [-0.39, 0.29) is 21.5 Å². The molecule has 1 aromatic heterocycles. The molecule has 1 heterocycles. The highest BCUT2D eigenvalue weighted by Gasteiger charge is 2.13. The lowest BCUT2D eigenvalue weighted by atomic mass is 10.3. The first-order valence-electron chi connectivity index (χ1n) is 5.88. The third-order valence-corrected chi connectivity index (χ3v) is 4.15. The molecular weight excluding hydrogens is 353 g/mol. The van der Waals surface area contributed by atoms with Crippen LogP contribution in [0.2, 0.25) is 15.1 Å². The highest BCUT2D eigenvalue weighted by molar-refractivity contribution is 7.99. The Hall–Kier alpha value is -0.940. The van der Waals surface area contributed by atoms with Gasteiger partial charge in [0.1, 0.15) is 0 Å². The van der Waals surface area contributed by atoms with E-state index in [9.17, 15) is 4.79 Å². The average Bonchev–Trinajstić information content (AvgIpc) is 2.44. The smallest absolute Gasteiger partial charge is 0.321 e. The number of carbonyl (C=O) groups is 1. The van der Waals surface area contributed by atoms with E-state index in [0.717, 1.165) is 5.56 Å². The summed E-state index contributed by atoms with van der Waals surface area (Å²) in [5.74, 6) is 0.569. The average molecular weight is 363 g/mol. The van der Waals surface area contributed by atoms with Crippen LogP contribution in [-0.2, 0) is 10.5 Å². The van der Waals surface area contributed by atoms with Crippen LogP contribution in [0.15, 0.2) is 36.7 Å². The Bertz CT molecular complexity index is 614. The van der Waals surface area contributed by atoms with Crippen LogP contribution in [0.3, 0.4) is 0 Å². The van der Waals surface area contributed by atoms with Crippen molar-refractivity contribution in [2.24, 2.45) is 0 Å². The van der Waals surface area contributed by atoms with Crippen molar-refractivity contribution in [2.75, 3.05) is 5.75 Å². The first-order chi connectivity index (χ1) is 10.1. The lowest BCUT2D eigenvalue weighted by Gasteiger charge is -2.08. The van der Waals surface area contributed by atoms with Gasteiger partial charge in [-0.25, -0.2) is 0 Å².